The fourth-order valence-corrected chi connectivity index (χ4v) is 2.06. The molecule has 0 unspecified atom stereocenters. The van der Waals surface area contributed by atoms with E-state index in [1.807, 2.05) is 25.1 Å². The van der Waals surface area contributed by atoms with E-state index < -0.39 is 0 Å². The predicted octanol–water partition coefficient (Wildman–Crippen LogP) is 3.36. The topological polar surface area (TPSA) is 60.2 Å². The van der Waals surface area contributed by atoms with Gasteiger partial charge in [-0.2, -0.15) is 4.98 Å². The van der Waals surface area contributed by atoms with E-state index in [1.54, 1.807) is 0 Å². The molecule has 0 saturated carbocycles. The molecule has 6 heteroatoms. The van der Waals surface area contributed by atoms with Gasteiger partial charge in [-0.15, -0.1) is 0 Å². The van der Waals surface area contributed by atoms with Crippen molar-refractivity contribution in [3.8, 4) is 5.75 Å². The Labute approximate surface area is 129 Å². The minimum Gasteiger partial charge on any atom is -0.485 e. The van der Waals surface area contributed by atoms with Gasteiger partial charge in [0.25, 0.3) is 0 Å². The van der Waals surface area contributed by atoms with Gasteiger partial charge in [0.05, 0.1) is 0 Å². The summed E-state index contributed by atoms with van der Waals surface area (Å²) in [6.07, 6.45) is 1.81. The third-order valence-electron chi connectivity index (χ3n) is 2.93. The molecule has 0 fully saturated rings. The Kier molecular flexibility index (Phi) is 6.02. The van der Waals surface area contributed by atoms with Crippen LogP contribution in [0.4, 0.5) is 0 Å². The quantitative estimate of drug-likeness (QED) is 0.758. The molecule has 0 aliphatic rings. The maximum atomic E-state index is 6.05. The van der Waals surface area contributed by atoms with Crippen LogP contribution in [0.15, 0.2) is 22.7 Å². The van der Waals surface area contributed by atoms with Gasteiger partial charge in [0.2, 0.25) is 11.7 Å². The molecule has 1 N–H and O–H groups in total. The highest BCUT2D eigenvalue weighted by Gasteiger charge is 2.08. The molecule has 0 radical (unpaired) electrons. The van der Waals surface area contributed by atoms with E-state index in [0.717, 1.165) is 37.2 Å². The van der Waals surface area contributed by atoms with Crippen molar-refractivity contribution < 1.29 is 9.26 Å². The molecule has 0 spiro atoms. The van der Waals surface area contributed by atoms with Crippen LogP contribution < -0.4 is 10.1 Å². The normalized spacial score (nSPS) is 10.8. The Morgan fingerprint density at radius 1 is 1.33 bits per heavy atom. The lowest BCUT2D eigenvalue weighted by Crippen LogP contribution is -2.14. The Hall–Kier alpha value is -1.59. The van der Waals surface area contributed by atoms with E-state index in [-0.39, 0.29) is 6.61 Å². The second-order valence-corrected chi connectivity index (χ2v) is 5.11. The summed E-state index contributed by atoms with van der Waals surface area (Å²) in [6.45, 7) is 6.05. The van der Waals surface area contributed by atoms with Crippen LogP contribution in [0.3, 0.4) is 0 Å². The van der Waals surface area contributed by atoms with Gasteiger partial charge in [-0.1, -0.05) is 30.6 Å². The molecule has 21 heavy (non-hydrogen) atoms. The Morgan fingerprint density at radius 2 is 2.19 bits per heavy atom. The van der Waals surface area contributed by atoms with Crippen LogP contribution in [0, 0.1) is 0 Å². The average molecular weight is 310 g/mol. The summed E-state index contributed by atoms with van der Waals surface area (Å²) in [4.78, 5) is 4.22. The lowest BCUT2D eigenvalue weighted by molar-refractivity contribution is 0.282. The smallest absolute Gasteiger partial charge is 0.226 e. The number of nitrogens with zero attached hydrogens (tertiary/aromatic N) is 2. The molecule has 0 aliphatic heterocycles. The van der Waals surface area contributed by atoms with Crippen molar-refractivity contribution in [3.05, 3.63) is 40.5 Å². The van der Waals surface area contributed by atoms with Crippen LogP contribution in [-0.4, -0.2) is 16.7 Å². The zero-order valence-electron chi connectivity index (χ0n) is 12.4. The highest BCUT2D eigenvalue weighted by molar-refractivity contribution is 6.30. The minimum absolute atomic E-state index is 0.284. The number of nitrogens with one attached hydrogen (secondary N) is 1. The molecule has 0 atom stereocenters. The van der Waals surface area contributed by atoms with Gasteiger partial charge in [0.1, 0.15) is 5.75 Å². The zero-order chi connectivity index (χ0) is 15.1. The largest absolute Gasteiger partial charge is 0.485 e. The molecule has 0 aliphatic carbocycles. The van der Waals surface area contributed by atoms with Crippen molar-refractivity contribution in [2.45, 2.75) is 39.8 Å². The van der Waals surface area contributed by atoms with Crippen molar-refractivity contribution in [1.82, 2.24) is 15.5 Å². The van der Waals surface area contributed by atoms with Crippen LogP contribution in [-0.2, 0) is 19.6 Å². The first-order valence-electron chi connectivity index (χ1n) is 7.16. The number of hydrogen-bond acceptors (Lipinski definition) is 5. The van der Waals surface area contributed by atoms with E-state index in [0.29, 0.717) is 16.7 Å². The number of aromatic nitrogens is 2. The third kappa shape index (κ3) is 4.72. The number of rotatable bonds is 8. The summed E-state index contributed by atoms with van der Waals surface area (Å²) in [6, 6.07) is 5.59. The summed E-state index contributed by atoms with van der Waals surface area (Å²) < 4.78 is 10.8. The van der Waals surface area contributed by atoms with E-state index in [2.05, 4.69) is 22.4 Å². The predicted molar refractivity (Wildman–Crippen MR) is 81.5 cm³/mol. The summed E-state index contributed by atoms with van der Waals surface area (Å²) in [5.74, 6) is 1.95. The van der Waals surface area contributed by atoms with Crippen LogP contribution in [0.25, 0.3) is 0 Å². The lowest BCUT2D eigenvalue weighted by atomic mass is 10.2. The Bertz CT molecular complexity index is 572. The number of halogens is 1. The molecule has 1 aromatic carbocycles. The highest BCUT2D eigenvalue weighted by Crippen LogP contribution is 2.23. The van der Waals surface area contributed by atoms with Crippen molar-refractivity contribution in [2.24, 2.45) is 0 Å². The summed E-state index contributed by atoms with van der Waals surface area (Å²) in [5, 5.41) is 7.91. The second kappa shape index (κ2) is 8.00. The van der Waals surface area contributed by atoms with Crippen LogP contribution in [0.1, 0.15) is 37.5 Å². The summed E-state index contributed by atoms with van der Waals surface area (Å²) in [5.41, 5.74) is 1.02. The first-order valence-corrected chi connectivity index (χ1v) is 7.54. The first kappa shape index (κ1) is 15.8. The van der Waals surface area contributed by atoms with Crippen LogP contribution in [0.5, 0.6) is 5.75 Å². The number of benzene rings is 1. The third-order valence-corrected chi connectivity index (χ3v) is 3.17. The first-order chi connectivity index (χ1) is 10.2. The fraction of sp³-hybridized carbons (Fsp3) is 0.467. The van der Waals surface area contributed by atoms with Crippen molar-refractivity contribution in [1.29, 1.82) is 0 Å². The maximum absolute atomic E-state index is 6.05. The zero-order valence-corrected chi connectivity index (χ0v) is 13.1. The molecule has 0 saturated heterocycles. The van der Waals surface area contributed by atoms with Gasteiger partial charge in [-0.05, 0) is 31.2 Å². The molecule has 0 bridgehead atoms. The standard InChI is InChI=1S/C15H20ClN3O2/c1-3-7-17-9-11-8-12(16)5-6-13(11)20-10-14-18-15(4-2)21-19-14/h5-6,8,17H,3-4,7,9-10H2,1-2H3. The monoisotopic (exact) mass is 309 g/mol. The molecule has 5 nitrogen and oxygen atoms in total. The molecule has 114 valence electrons. The molecule has 0 amide bonds. The molecule has 1 aromatic heterocycles. The average Bonchev–Trinajstić information content (AvgIpc) is 2.95. The van der Waals surface area contributed by atoms with Crippen molar-refractivity contribution >= 4 is 11.6 Å². The number of aryl methyl sites for hydroxylation is 1. The van der Waals surface area contributed by atoms with E-state index in [4.69, 9.17) is 20.9 Å². The van der Waals surface area contributed by atoms with Crippen LogP contribution in [0.2, 0.25) is 5.02 Å². The van der Waals surface area contributed by atoms with Gasteiger partial charge >= 0.3 is 0 Å². The van der Waals surface area contributed by atoms with E-state index in [1.165, 1.54) is 0 Å². The van der Waals surface area contributed by atoms with E-state index in [9.17, 15) is 0 Å². The molecule has 2 rings (SSSR count). The Morgan fingerprint density at radius 3 is 2.90 bits per heavy atom. The van der Waals surface area contributed by atoms with Crippen molar-refractivity contribution in [3.63, 3.8) is 0 Å². The minimum atomic E-state index is 0.284. The molecular weight excluding hydrogens is 290 g/mol. The maximum Gasteiger partial charge on any atom is 0.226 e. The summed E-state index contributed by atoms with van der Waals surface area (Å²) >= 11 is 6.05. The molecule has 1 heterocycles. The van der Waals surface area contributed by atoms with Gasteiger partial charge in [0.15, 0.2) is 6.61 Å². The number of hydrogen-bond donors (Lipinski definition) is 1. The highest BCUT2D eigenvalue weighted by atomic mass is 35.5. The molecule has 2 aromatic rings. The SMILES string of the molecule is CCCNCc1cc(Cl)ccc1OCc1noc(CC)n1. The van der Waals surface area contributed by atoms with Gasteiger partial charge in [0, 0.05) is 23.6 Å². The van der Waals surface area contributed by atoms with Crippen molar-refractivity contribution in [2.75, 3.05) is 6.54 Å². The van der Waals surface area contributed by atoms with E-state index >= 15 is 0 Å². The summed E-state index contributed by atoms with van der Waals surface area (Å²) in [7, 11) is 0. The van der Waals surface area contributed by atoms with Gasteiger partial charge in [-0.25, -0.2) is 0 Å². The Balaban J connectivity index is 2.00. The van der Waals surface area contributed by atoms with Gasteiger partial charge in [-0.3, -0.25) is 0 Å². The number of ether oxygens (including phenoxy) is 1. The van der Waals surface area contributed by atoms with Crippen LogP contribution >= 0.6 is 11.6 Å². The second-order valence-electron chi connectivity index (χ2n) is 4.68. The fourth-order valence-electron chi connectivity index (χ4n) is 1.86. The lowest BCUT2D eigenvalue weighted by Gasteiger charge is -2.11. The molecular formula is C15H20ClN3O2. The van der Waals surface area contributed by atoms with Gasteiger partial charge < -0.3 is 14.6 Å².